The molecule has 0 saturated carbocycles. The molecule has 4 aromatic heterocycles. The third kappa shape index (κ3) is 3.76. The van der Waals surface area contributed by atoms with Crippen LogP contribution in [0.5, 0.6) is 0 Å². The summed E-state index contributed by atoms with van der Waals surface area (Å²) in [4.78, 5) is 0. The lowest BCUT2D eigenvalue weighted by Gasteiger charge is -2.16. The minimum atomic E-state index is 0.874. The molecule has 0 fully saturated rings. The summed E-state index contributed by atoms with van der Waals surface area (Å²) >= 11 is 0. The smallest absolute Gasteiger partial charge is 0.135 e. The maximum absolute atomic E-state index is 6.23. The van der Waals surface area contributed by atoms with E-state index in [-0.39, 0.29) is 0 Å². The molecule has 0 unspecified atom stereocenters. The van der Waals surface area contributed by atoms with Gasteiger partial charge in [0.05, 0.1) is 12.5 Å². The summed E-state index contributed by atoms with van der Waals surface area (Å²) in [6, 6.07) is 52.0. The van der Waals surface area contributed by atoms with Crippen molar-refractivity contribution in [2.24, 2.45) is 0 Å². The number of hydrogen-bond acceptors (Lipinski definition) is 4. The summed E-state index contributed by atoms with van der Waals surface area (Å²) in [5, 5.41) is 16.1. The van der Waals surface area contributed by atoms with Crippen LogP contribution in [0.1, 0.15) is 0 Å². The van der Waals surface area contributed by atoms with Crippen molar-refractivity contribution in [3.8, 4) is 22.3 Å². The summed E-state index contributed by atoms with van der Waals surface area (Å²) in [5.74, 6) is 0. The fourth-order valence-electron chi connectivity index (χ4n) is 9.15. The first-order valence-corrected chi connectivity index (χ1v) is 18.2. The molecular formula is C50H26O4. The Morgan fingerprint density at radius 3 is 1.26 bits per heavy atom. The van der Waals surface area contributed by atoms with Gasteiger partial charge in [0.1, 0.15) is 33.5 Å². The van der Waals surface area contributed by atoms with Crippen LogP contribution in [0.25, 0.3) is 131 Å². The summed E-state index contributed by atoms with van der Waals surface area (Å²) in [6.45, 7) is 0. The molecular weight excluding hydrogens is 665 g/mol. The monoisotopic (exact) mass is 690 g/mol. The molecule has 0 spiro atoms. The fraction of sp³-hybridized carbons (Fsp3) is 0. The van der Waals surface area contributed by atoms with E-state index in [1.165, 1.54) is 43.1 Å². The van der Waals surface area contributed by atoms with Gasteiger partial charge in [0.15, 0.2) is 0 Å². The number of benzene rings is 9. The molecule has 54 heavy (non-hydrogen) atoms. The van der Waals surface area contributed by atoms with E-state index in [4.69, 9.17) is 17.7 Å². The Kier molecular flexibility index (Phi) is 5.34. The van der Waals surface area contributed by atoms with Crippen molar-refractivity contribution in [2.45, 2.75) is 0 Å². The molecule has 250 valence electrons. The van der Waals surface area contributed by atoms with Gasteiger partial charge in [0.25, 0.3) is 0 Å². The molecule has 0 saturated heterocycles. The molecule has 0 atom stereocenters. The van der Waals surface area contributed by atoms with Gasteiger partial charge in [0.2, 0.25) is 0 Å². The molecule has 4 nitrogen and oxygen atoms in total. The highest BCUT2D eigenvalue weighted by atomic mass is 16.3. The molecule has 0 radical (unpaired) electrons. The normalized spacial score (nSPS) is 12.4. The van der Waals surface area contributed by atoms with Crippen molar-refractivity contribution in [3.63, 3.8) is 0 Å². The SMILES string of the molecule is c1ccc2c(c1)oc1ccc(-c3cc4cc5cc(-c6ccc7oc8ccccc8c7c6)c6c7ccoc7ccc6c5cc4c4ccc5occc5c34)cc12. The minimum absolute atomic E-state index is 0.874. The van der Waals surface area contributed by atoms with Gasteiger partial charge in [-0.1, -0.05) is 48.5 Å². The van der Waals surface area contributed by atoms with Crippen LogP contribution >= 0.6 is 0 Å². The number of fused-ring (bicyclic) bond motifs is 16. The van der Waals surface area contributed by atoms with E-state index in [9.17, 15) is 0 Å². The van der Waals surface area contributed by atoms with E-state index in [2.05, 4.69) is 121 Å². The summed E-state index contributed by atoms with van der Waals surface area (Å²) in [5.41, 5.74) is 9.91. The van der Waals surface area contributed by atoms with E-state index in [1.807, 2.05) is 24.3 Å². The fourth-order valence-corrected chi connectivity index (χ4v) is 9.15. The molecule has 0 aliphatic rings. The predicted octanol–water partition coefficient (Wildman–Crippen LogP) is 14.9. The van der Waals surface area contributed by atoms with E-state index in [1.54, 1.807) is 12.5 Å². The summed E-state index contributed by atoms with van der Waals surface area (Å²) in [6.07, 6.45) is 3.58. The summed E-state index contributed by atoms with van der Waals surface area (Å²) < 4.78 is 24.4. The van der Waals surface area contributed by atoms with Gasteiger partial charge in [-0.3, -0.25) is 0 Å². The second kappa shape index (κ2) is 10.2. The topological polar surface area (TPSA) is 52.6 Å². The van der Waals surface area contributed by atoms with Gasteiger partial charge in [0, 0.05) is 43.1 Å². The van der Waals surface area contributed by atoms with Gasteiger partial charge in [-0.05, 0) is 152 Å². The van der Waals surface area contributed by atoms with Gasteiger partial charge in [-0.15, -0.1) is 0 Å². The largest absolute Gasteiger partial charge is 0.464 e. The van der Waals surface area contributed by atoms with E-state index in [0.717, 1.165) is 88.1 Å². The summed E-state index contributed by atoms with van der Waals surface area (Å²) in [7, 11) is 0. The van der Waals surface area contributed by atoms with Gasteiger partial charge in [-0.25, -0.2) is 0 Å². The first-order chi connectivity index (χ1) is 26.7. The molecule has 0 N–H and O–H groups in total. The Hall–Kier alpha value is -7.30. The van der Waals surface area contributed by atoms with E-state index >= 15 is 0 Å². The average Bonchev–Trinajstić information content (AvgIpc) is 4.03. The zero-order chi connectivity index (χ0) is 35.1. The third-order valence-electron chi connectivity index (χ3n) is 11.6. The van der Waals surface area contributed by atoms with Crippen LogP contribution in [-0.4, -0.2) is 0 Å². The number of rotatable bonds is 2. The van der Waals surface area contributed by atoms with Crippen LogP contribution < -0.4 is 0 Å². The Labute approximate surface area is 306 Å². The predicted molar refractivity (Wildman–Crippen MR) is 221 cm³/mol. The standard InChI is InChI=1S/C50H26O4/c1-3-7-45-31(5-1)41-22-27(9-13-47(41)53-45)39-24-29-21-30-25-40(28-10-14-48-42(23-28)32-6-2-4-8-46(32)54-48)50-34(12-16-44-36(50)18-20-52-44)38(30)26-37(29)33-11-15-43-35(49(33)39)17-19-51-43/h1-26H. The first kappa shape index (κ1) is 28.3. The molecule has 4 heteroatoms. The Balaban J connectivity index is 1.14. The second-order valence-corrected chi connectivity index (χ2v) is 14.4. The third-order valence-corrected chi connectivity index (χ3v) is 11.6. The molecule has 0 amide bonds. The molecule has 4 heterocycles. The Morgan fingerprint density at radius 2 is 0.741 bits per heavy atom. The van der Waals surface area contributed by atoms with Crippen molar-refractivity contribution in [3.05, 3.63) is 158 Å². The van der Waals surface area contributed by atoms with Gasteiger partial charge >= 0.3 is 0 Å². The van der Waals surface area contributed by atoms with Crippen molar-refractivity contribution in [1.82, 2.24) is 0 Å². The van der Waals surface area contributed by atoms with Crippen LogP contribution in [0.4, 0.5) is 0 Å². The maximum atomic E-state index is 6.23. The first-order valence-electron chi connectivity index (χ1n) is 18.2. The average molecular weight is 691 g/mol. The Bertz CT molecular complexity index is 3490. The lowest BCUT2D eigenvalue weighted by atomic mass is 9.87. The Morgan fingerprint density at radius 1 is 0.278 bits per heavy atom. The highest BCUT2D eigenvalue weighted by Crippen LogP contribution is 2.46. The van der Waals surface area contributed by atoms with Crippen molar-refractivity contribution >= 4 is 109 Å². The zero-order valence-corrected chi connectivity index (χ0v) is 28.6. The van der Waals surface area contributed by atoms with Gasteiger partial charge in [-0.2, -0.15) is 0 Å². The van der Waals surface area contributed by atoms with Crippen LogP contribution in [0.15, 0.2) is 176 Å². The number of furan rings is 4. The van der Waals surface area contributed by atoms with Crippen molar-refractivity contribution in [1.29, 1.82) is 0 Å². The molecule has 9 aromatic carbocycles. The highest BCUT2D eigenvalue weighted by Gasteiger charge is 2.19. The highest BCUT2D eigenvalue weighted by molar-refractivity contribution is 6.28. The van der Waals surface area contributed by atoms with Crippen LogP contribution in [0.2, 0.25) is 0 Å². The van der Waals surface area contributed by atoms with Gasteiger partial charge < -0.3 is 17.7 Å². The minimum Gasteiger partial charge on any atom is -0.464 e. The number of hydrogen-bond donors (Lipinski definition) is 0. The zero-order valence-electron chi connectivity index (χ0n) is 28.6. The second-order valence-electron chi connectivity index (χ2n) is 14.4. The molecule has 13 aromatic rings. The van der Waals surface area contributed by atoms with E-state index < -0.39 is 0 Å². The maximum Gasteiger partial charge on any atom is 0.135 e. The number of para-hydroxylation sites is 2. The molecule has 0 bridgehead atoms. The lowest BCUT2D eigenvalue weighted by molar-refractivity contribution is 0.616. The molecule has 13 rings (SSSR count). The van der Waals surface area contributed by atoms with E-state index in [0.29, 0.717) is 0 Å². The quantitative estimate of drug-likeness (QED) is 0.134. The van der Waals surface area contributed by atoms with Crippen LogP contribution in [-0.2, 0) is 0 Å². The van der Waals surface area contributed by atoms with Crippen LogP contribution in [0, 0.1) is 0 Å². The van der Waals surface area contributed by atoms with Crippen LogP contribution in [0.3, 0.4) is 0 Å². The van der Waals surface area contributed by atoms with Crippen molar-refractivity contribution < 1.29 is 17.7 Å². The lowest BCUT2D eigenvalue weighted by Crippen LogP contribution is -1.89. The molecule has 0 aliphatic carbocycles. The van der Waals surface area contributed by atoms with Crippen molar-refractivity contribution in [2.75, 3.05) is 0 Å². The molecule has 0 aliphatic heterocycles.